The van der Waals surface area contributed by atoms with Crippen LogP contribution in [-0.2, 0) is 4.74 Å². The standard InChI is InChI=1S/C7H14O3/c1-5-6(8)7(2,9)3-4-10-5/h5-6,8-9H,3-4H2,1-2H3/t5-,6-,7+/m0/s1. The topological polar surface area (TPSA) is 49.7 Å². The fraction of sp³-hybridized carbons (Fsp3) is 1.00. The average molecular weight is 146 g/mol. The minimum absolute atomic E-state index is 0.247. The van der Waals surface area contributed by atoms with Gasteiger partial charge in [-0.3, -0.25) is 0 Å². The van der Waals surface area contributed by atoms with Crippen LogP contribution in [0.25, 0.3) is 0 Å². The van der Waals surface area contributed by atoms with Crippen molar-refractivity contribution in [3.63, 3.8) is 0 Å². The Labute approximate surface area is 60.6 Å². The zero-order valence-corrected chi connectivity index (χ0v) is 6.37. The molecule has 0 unspecified atom stereocenters. The van der Waals surface area contributed by atoms with Crippen LogP contribution in [0.5, 0.6) is 0 Å². The van der Waals surface area contributed by atoms with Gasteiger partial charge in [0, 0.05) is 13.0 Å². The summed E-state index contributed by atoms with van der Waals surface area (Å²) in [5.74, 6) is 0. The maximum Gasteiger partial charge on any atom is 0.108 e. The van der Waals surface area contributed by atoms with E-state index in [1.165, 1.54) is 0 Å². The molecule has 3 nitrogen and oxygen atoms in total. The predicted octanol–water partition coefficient (Wildman–Crippen LogP) is -0.0929. The third-order valence-electron chi connectivity index (χ3n) is 2.07. The Balaban J connectivity index is 2.60. The second-order valence-corrected chi connectivity index (χ2v) is 3.13. The third kappa shape index (κ3) is 1.31. The highest BCUT2D eigenvalue weighted by molar-refractivity contribution is 4.88. The molecule has 1 aliphatic heterocycles. The molecule has 0 aromatic heterocycles. The zero-order valence-electron chi connectivity index (χ0n) is 6.37. The number of aliphatic hydroxyl groups is 2. The van der Waals surface area contributed by atoms with E-state index in [2.05, 4.69) is 0 Å². The molecule has 0 radical (unpaired) electrons. The predicted molar refractivity (Wildman–Crippen MR) is 36.7 cm³/mol. The Morgan fingerprint density at radius 2 is 2.20 bits per heavy atom. The minimum atomic E-state index is -0.961. The largest absolute Gasteiger partial charge is 0.387 e. The molecule has 1 heterocycles. The summed E-state index contributed by atoms with van der Waals surface area (Å²) >= 11 is 0. The Morgan fingerprint density at radius 1 is 1.60 bits per heavy atom. The van der Waals surface area contributed by atoms with Crippen LogP contribution in [0, 0.1) is 0 Å². The zero-order chi connectivity index (χ0) is 7.78. The van der Waals surface area contributed by atoms with E-state index < -0.39 is 11.7 Å². The first-order valence-electron chi connectivity index (χ1n) is 3.56. The highest BCUT2D eigenvalue weighted by Crippen LogP contribution is 2.24. The van der Waals surface area contributed by atoms with Crippen LogP contribution in [0.3, 0.4) is 0 Å². The van der Waals surface area contributed by atoms with Gasteiger partial charge in [0.25, 0.3) is 0 Å². The van der Waals surface area contributed by atoms with Gasteiger partial charge in [-0.05, 0) is 13.8 Å². The van der Waals surface area contributed by atoms with Gasteiger partial charge in [0.05, 0.1) is 11.7 Å². The monoisotopic (exact) mass is 146 g/mol. The fourth-order valence-electron chi connectivity index (χ4n) is 1.20. The number of aliphatic hydroxyl groups excluding tert-OH is 1. The molecule has 0 spiro atoms. The van der Waals surface area contributed by atoms with Crippen molar-refractivity contribution in [2.24, 2.45) is 0 Å². The summed E-state index contributed by atoms with van der Waals surface area (Å²) in [4.78, 5) is 0. The van der Waals surface area contributed by atoms with Crippen molar-refractivity contribution in [1.29, 1.82) is 0 Å². The number of ether oxygens (including phenoxy) is 1. The highest BCUT2D eigenvalue weighted by Gasteiger charge is 2.38. The van der Waals surface area contributed by atoms with E-state index in [9.17, 15) is 10.2 Å². The van der Waals surface area contributed by atoms with E-state index in [0.29, 0.717) is 13.0 Å². The lowest BCUT2D eigenvalue weighted by Gasteiger charge is -2.37. The molecule has 1 aliphatic rings. The quantitative estimate of drug-likeness (QED) is 0.502. The first-order valence-corrected chi connectivity index (χ1v) is 3.56. The van der Waals surface area contributed by atoms with E-state index in [0.717, 1.165) is 0 Å². The third-order valence-corrected chi connectivity index (χ3v) is 2.07. The summed E-state index contributed by atoms with van der Waals surface area (Å²) in [6.45, 7) is 3.93. The summed E-state index contributed by atoms with van der Waals surface area (Å²) in [5.41, 5.74) is -0.961. The van der Waals surface area contributed by atoms with Crippen molar-refractivity contribution in [3.8, 4) is 0 Å². The molecular formula is C7H14O3. The van der Waals surface area contributed by atoms with Gasteiger partial charge >= 0.3 is 0 Å². The first-order chi connectivity index (χ1) is 4.54. The summed E-state index contributed by atoms with van der Waals surface area (Å²) < 4.78 is 5.12. The van der Waals surface area contributed by atoms with Crippen molar-refractivity contribution in [3.05, 3.63) is 0 Å². The summed E-state index contributed by atoms with van der Waals surface area (Å²) in [5, 5.41) is 18.8. The van der Waals surface area contributed by atoms with Crippen molar-refractivity contribution < 1.29 is 14.9 Å². The molecule has 10 heavy (non-hydrogen) atoms. The Morgan fingerprint density at radius 3 is 2.60 bits per heavy atom. The van der Waals surface area contributed by atoms with Crippen LogP contribution in [0.2, 0.25) is 0 Å². The molecule has 0 aromatic carbocycles. The molecule has 2 N–H and O–H groups in total. The van der Waals surface area contributed by atoms with Crippen LogP contribution in [0.15, 0.2) is 0 Å². The normalized spacial score (nSPS) is 49.2. The van der Waals surface area contributed by atoms with Gasteiger partial charge in [0.1, 0.15) is 6.10 Å². The summed E-state index contributed by atoms with van der Waals surface area (Å²) in [6.07, 6.45) is -0.483. The fourth-order valence-corrected chi connectivity index (χ4v) is 1.20. The van der Waals surface area contributed by atoms with Crippen LogP contribution >= 0.6 is 0 Å². The Bertz CT molecular complexity index is 122. The molecule has 0 aliphatic carbocycles. The van der Waals surface area contributed by atoms with E-state index in [1.807, 2.05) is 0 Å². The molecular weight excluding hydrogens is 132 g/mol. The molecule has 1 rings (SSSR count). The van der Waals surface area contributed by atoms with Gasteiger partial charge < -0.3 is 14.9 Å². The average Bonchev–Trinajstić information content (AvgIpc) is 1.83. The highest BCUT2D eigenvalue weighted by atomic mass is 16.5. The lowest BCUT2D eigenvalue weighted by atomic mass is 9.90. The summed E-state index contributed by atoms with van der Waals surface area (Å²) in [7, 11) is 0. The van der Waals surface area contributed by atoms with Gasteiger partial charge in [0.2, 0.25) is 0 Å². The summed E-state index contributed by atoms with van der Waals surface area (Å²) in [6, 6.07) is 0. The molecule has 3 atom stereocenters. The van der Waals surface area contributed by atoms with Gasteiger partial charge in [-0.15, -0.1) is 0 Å². The molecule has 1 fully saturated rings. The lowest BCUT2D eigenvalue weighted by Crippen LogP contribution is -2.51. The first kappa shape index (κ1) is 7.98. The molecule has 60 valence electrons. The van der Waals surface area contributed by atoms with Crippen LogP contribution in [0.4, 0.5) is 0 Å². The number of hydrogen-bond acceptors (Lipinski definition) is 3. The molecule has 0 aromatic rings. The van der Waals surface area contributed by atoms with Gasteiger partial charge in [-0.25, -0.2) is 0 Å². The van der Waals surface area contributed by atoms with Crippen molar-refractivity contribution in [1.82, 2.24) is 0 Å². The second kappa shape index (κ2) is 2.49. The molecule has 0 bridgehead atoms. The van der Waals surface area contributed by atoms with Gasteiger partial charge in [0.15, 0.2) is 0 Å². The van der Waals surface area contributed by atoms with Crippen molar-refractivity contribution >= 4 is 0 Å². The van der Waals surface area contributed by atoms with Crippen LogP contribution in [-0.4, -0.2) is 34.6 Å². The molecule has 1 saturated heterocycles. The smallest absolute Gasteiger partial charge is 0.108 e. The van der Waals surface area contributed by atoms with Crippen LogP contribution < -0.4 is 0 Å². The van der Waals surface area contributed by atoms with E-state index >= 15 is 0 Å². The van der Waals surface area contributed by atoms with Crippen LogP contribution in [0.1, 0.15) is 20.3 Å². The Kier molecular flexibility index (Phi) is 1.99. The second-order valence-electron chi connectivity index (χ2n) is 3.13. The number of rotatable bonds is 0. The molecule has 0 saturated carbocycles. The van der Waals surface area contributed by atoms with E-state index in [4.69, 9.17) is 4.74 Å². The minimum Gasteiger partial charge on any atom is -0.387 e. The van der Waals surface area contributed by atoms with Gasteiger partial charge in [-0.1, -0.05) is 0 Å². The van der Waals surface area contributed by atoms with E-state index in [1.54, 1.807) is 13.8 Å². The molecule has 3 heteroatoms. The van der Waals surface area contributed by atoms with Crippen molar-refractivity contribution in [2.45, 2.75) is 38.1 Å². The van der Waals surface area contributed by atoms with Crippen molar-refractivity contribution in [2.75, 3.05) is 6.61 Å². The van der Waals surface area contributed by atoms with Gasteiger partial charge in [-0.2, -0.15) is 0 Å². The maximum absolute atomic E-state index is 9.48. The Hall–Kier alpha value is -0.120. The SMILES string of the molecule is C[C@@H]1OCC[C@@](C)(O)[C@H]1O. The lowest BCUT2D eigenvalue weighted by molar-refractivity contribution is -0.175. The maximum atomic E-state index is 9.48. The number of hydrogen-bond donors (Lipinski definition) is 2. The van der Waals surface area contributed by atoms with E-state index in [-0.39, 0.29) is 6.10 Å². The molecule has 0 amide bonds.